The molecule has 0 saturated heterocycles. The molecule has 0 spiro atoms. The van der Waals surface area contributed by atoms with Gasteiger partial charge in [-0.3, -0.25) is 9.59 Å². The summed E-state index contributed by atoms with van der Waals surface area (Å²) in [5.41, 5.74) is 2.57. The molecule has 4 N–H and O–H groups in total. The molecule has 0 radical (unpaired) electrons. The fourth-order valence-corrected chi connectivity index (χ4v) is 2.84. The van der Waals surface area contributed by atoms with E-state index in [1.54, 1.807) is 42.8 Å². The first-order valence-corrected chi connectivity index (χ1v) is 8.97. The van der Waals surface area contributed by atoms with Crippen LogP contribution in [-0.4, -0.2) is 46.2 Å². The number of carbonyl (C=O) groups excluding carboxylic acids is 2. The number of hydrogen-bond donors (Lipinski definition) is 4. The zero-order chi connectivity index (χ0) is 20.1. The molecule has 0 fully saturated rings. The van der Waals surface area contributed by atoms with Crippen molar-refractivity contribution in [3.63, 3.8) is 0 Å². The minimum absolute atomic E-state index is 0.0346. The van der Waals surface area contributed by atoms with Crippen molar-refractivity contribution in [2.75, 3.05) is 24.2 Å². The predicted octanol–water partition coefficient (Wildman–Crippen LogP) is 1.83. The highest BCUT2D eigenvalue weighted by molar-refractivity contribution is 5.97. The molecule has 1 heterocycles. The van der Waals surface area contributed by atoms with Gasteiger partial charge in [0.1, 0.15) is 6.54 Å². The van der Waals surface area contributed by atoms with Gasteiger partial charge in [0, 0.05) is 24.8 Å². The first-order chi connectivity index (χ1) is 13.5. The lowest BCUT2D eigenvalue weighted by atomic mass is 10.2. The lowest BCUT2D eigenvalue weighted by molar-refractivity contribution is -0.116. The fraction of sp³-hybridized carbons (Fsp3) is 0.250. The van der Waals surface area contributed by atoms with Gasteiger partial charge in [0.25, 0.3) is 5.91 Å². The Balaban J connectivity index is 1.81. The van der Waals surface area contributed by atoms with Crippen LogP contribution < -0.4 is 16.0 Å². The number of imidazole rings is 1. The van der Waals surface area contributed by atoms with Crippen LogP contribution in [0.3, 0.4) is 0 Å². The van der Waals surface area contributed by atoms with Crippen molar-refractivity contribution >= 4 is 34.5 Å². The standard InChI is InChI=1S/C20H23N5O3/c1-13(26)11-22-20-24-16-8-3-4-9-17(16)25(20)12-18(27)23-15-7-5-6-14(10-15)19(28)21-2/h3-10,13,26H,11-12H2,1-2H3,(H,21,28)(H,22,24)(H,23,27). The number of rotatable bonds is 7. The third-order valence-corrected chi connectivity index (χ3v) is 4.15. The lowest BCUT2D eigenvalue weighted by Gasteiger charge is -2.12. The Morgan fingerprint density at radius 2 is 1.96 bits per heavy atom. The number of fused-ring (bicyclic) bond motifs is 1. The number of amides is 2. The van der Waals surface area contributed by atoms with Gasteiger partial charge in [0.2, 0.25) is 11.9 Å². The molecule has 28 heavy (non-hydrogen) atoms. The van der Waals surface area contributed by atoms with E-state index in [1.807, 2.05) is 24.3 Å². The number of hydrogen-bond acceptors (Lipinski definition) is 5. The zero-order valence-electron chi connectivity index (χ0n) is 15.8. The molecule has 146 valence electrons. The number of nitrogens with zero attached hydrogens (tertiary/aromatic N) is 2. The van der Waals surface area contributed by atoms with E-state index in [2.05, 4.69) is 20.9 Å². The first kappa shape index (κ1) is 19.4. The molecule has 0 saturated carbocycles. The molecule has 1 aromatic heterocycles. The van der Waals surface area contributed by atoms with Crippen molar-refractivity contribution < 1.29 is 14.7 Å². The second-order valence-electron chi connectivity index (χ2n) is 6.45. The van der Waals surface area contributed by atoms with Crippen LogP contribution in [0.4, 0.5) is 11.6 Å². The van der Waals surface area contributed by atoms with E-state index in [4.69, 9.17) is 0 Å². The van der Waals surface area contributed by atoms with E-state index < -0.39 is 6.10 Å². The third kappa shape index (κ3) is 4.47. The Kier molecular flexibility index (Phi) is 5.90. The molecule has 8 nitrogen and oxygen atoms in total. The molecule has 8 heteroatoms. The summed E-state index contributed by atoms with van der Waals surface area (Å²) in [6.45, 7) is 2.03. The quantitative estimate of drug-likeness (QED) is 0.499. The van der Waals surface area contributed by atoms with E-state index in [0.717, 1.165) is 11.0 Å². The van der Waals surface area contributed by atoms with Crippen molar-refractivity contribution in [3.8, 4) is 0 Å². The number of aliphatic hydroxyl groups is 1. The number of benzene rings is 2. The van der Waals surface area contributed by atoms with Gasteiger partial charge in [-0.15, -0.1) is 0 Å². The summed E-state index contributed by atoms with van der Waals surface area (Å²) in [5, 5.41) is 18.0. The normalized spacial score (nSPS) is 11.8. The molecule has 0 aliphatic carbocycles. The molecule has 0 aliphatic rings. The summed E-state index contributed by atoms with van der Waals surface area (Å²) in [6, 6.07) is 14.2. The molecule has 3 aromatic rings. The Hall–Kier alpha value is -3.39. The van der Waals surface area contributed by atoms with Gasteiger partial charge in [0.05, 0.1) is 17.1 Å². The molecule has 3 rings (SSSR count). The third-order valence-electron chi connectivity index (χ3n) is 4.15. The van der Waals surface area contributed by atoms with Crippen LogP contribution in [0.15, 0.2) is 48.5 Å². The summed E-state index contributed by atoms with van der Waals surface area (Å²) in [5.74, 6) is 0.0370. The van der Waals surface area contributed by atoms with E-state index in [9.17, 15) is 14.7 Å². The molecular weight excluding hydrogens is 358 g/mol. The summed E-state index contributed by atoms with van der Waals surface area (Å²) < 4.78 is 1.76. The highest BCUT2D eigenvalue weighted by Gasteiger charge is 2.14. The van der Waals surface area contributed by atoms with Gasteiger partial charge in [-0.25, -0.2) is 4.98 Å². The van der Waals surface area contributed by atoms with Gasteiger partial charge >= 0.3 is 0 Å². The Labute approximate surface area is 162 Å². The van der Waals surface area contributed by atoms with E-state index in [1.165, 1.54) is 0 Å². The topological polar surface area (TPSA) is 108 Å². The van der Waals surface area contributed by atoms with Crippen molar-refractivity contribution in [2.45, 2.75) is 19.6 Å². The maximum absolute atomic E-state index is 12.6. The van der Waals surface area contributed by atoms with Crippen LogP contribution in [0, 0.1) is 0 Å². The number of anilines is 2. The predicted molar refractivity (Wildman–Crippen MR) is 108 cm³/mol. The molecule has 1 atom stereocenters. The summed E-state index contributed by atoms with van der Waals surface area (Å²) >= 11 is 0. The highest BCUT2D eigenvalue weighted by atomic mass is 16.3. The van der Waals surface area contributed by atoms with E-state index >= 15 is 0 Å². The summed E-state index contributed by atoms with van der Waals surface area (Å²) in [4.78, 5) is 28.9. The molecule has 0 bridgehead atoms. The van der Waals surface area contributed by atoms with Gasteiger partial charge < -0.3 is 25.6 Å². The molecule has 1 unspecified atom stereocenters. The number of nitrogens with one attached hydrogen (secondary N) is 3. The Morgan fingerprint density at radius 3 is 2.71 bits per heavy atom. The first-order valence-electron chi connectivity index (χ1n) is 8.97. The minimum Gasteiger partial charge on any atom is -0.392 e. The van der Waals surface area contributed by atoms with Crippen molar-refractivity contribution in [1.29, 1.82) is 0 Å². The van der Waals surface area contributed by atoms with Crippen LogP contribution in [0.5, 0.6) is 0 Å². The van der Waals surface area contributed by atoms with E-state index in [0.29, 0.717) is 23.7 Å². The van der Waals surface area contributed by atoms with Crippen LogP contribution in [0.25, 0.3) is 11.0 Å². The zero-order valence-corrected chi connectivity index (χ0v) is 15.8. The van der Waals surface area contributed by atoms with Crippen molar-refractivity contribution in [1.82, 2.24) is 14.9 Å². The Morgan fingerprint density at radius 1 is 1.18 bits per heavy atom. The average molecular weight is 381 g/mol. The van der Waals surface area contributed by atoms with Gasteiger partial charge in [-0.1, -0.05) is 18.2 Å². The van der Waals surface area contributed by atoms with Gasteiger partial charge in [-0.05, 0) is 37.3 Å². The maximum atomic E-state index is 12.6. The second-order valence-corrected chi connectivity index (χ2v) is 6.45. The van der Waals surface area contributed by atoms with Gasteiger partial charge in [-0.2, -0.15) is 0 Å². The van der Waals surface area contributed by atoms with E-state index in [-0.39, 0.29) is 18.4 Å². The van der Waals surface area contributed by atoms with Crippen LogP contribution >= 0.6 is 0 Å². The fourth-order valence-electron chi connectivity index (χ4n) is 2.84. The molecular formula is C20H23N5O3. The van der Waals surface area contributed by atoms with Gasteiger partial charge in [0.15, 0.2) is 0 Å². The molecule has 2 aromatic carbocycles. The summed E-state index contributed by atoms with van der Waals surface area (Å²) in [7, 11) is 1.56. The number of para-hydroxylation sites is 2. The van der Waals surface area contributed by atoms with Crippen molar-refractivity contribution in [3.05, 3.63) is 54.1 Å². The van der Waals surface area contributed by atoms with Crippen molar-refractivity contribution in [2.24, 2.45) is 0 Å². The number of carbonyl (C=O) groups is 2. The minimum atomic E-state index is -0.547. The lowest BCUT2D eigenvalue weighted by Crippen LogP contribution is -2.23. The highest BCUT2D eigenvalue weighted by Crippen LogP contribution is 2.20. The SMILES string of the molecule is CNC(=O)c1cccc(NC(=O)Cn2c(NCC(C)O)nc3ccccc32)c1. The van der Waals surface area contributed by atoms with Crippen LogP contribution in [0.2, 0.25) is 0 Å². The molecule has 2 amide bonds. The monoisotopic (exact) mass is 381 g/mol. The smallest absolute Gasteiger partial charge is 0.251 e. The maximum Gasteiger partial charge on any atom is 0.251 e. The van der Waals surface area contributed by atoms with Crippen LogP contribution in [-0.2, 0) is 11.3 Å². The Bertz CT molecular complexity index is 996. The average Bonchev–Trinajstić information content (AvgIpc) is 3.03. The van der Waals surface area contributed by atoms with Crippen LogP contribution in [0.1, 0.15) is 17.3 Å². The number of aromatic nitrogens is 2. The number of aliphatic hydroxyl groups excluding tert-OH is 1. The molecule has 0 aliphatic heterocycles. The summed E-state index contributed by atoms with van der Waals surface area (Å²) in [6.07, 6.45) is -0.547. The second kappa shape index (κ2) is 8.53. The largest absolute Gasteiger partial charge is 0.392 e.